The van der Waals surface area contributed by atoms with Crippen LogP contribution < -0.4 is 10.1 Å². The van der Waals surface area contributed by atoms with Crippen molar-refractivity contribution in [3.05, 3.63) is 24.0 Å². The minimum atomic E-state index is 0.369. The number of nitrogens with one attached hydrogen (secondary N) is 1. The van der Waals surface area contributed by atoms with E-state index in [0.717, 1.165) is 17.9 Å². The SMILES string of the molecule is CNC1CC(Oc2cccnc2C)C12CCCCC2. The molecule has 2 unspecified atom stereocenters. The Morgan fingerprint density at radius 2 is 2.11 bits per heavy atom. The second-order valence-corrected chi connectivity index (χ2v) is 6.06. The minimum Gasteiger partial charge on any atom is -0.488 e. The van der Waals surface area contributed by atoms with Crippen LogP contribution in [0, 0.1) is 12.3 Å². The summed E-state index contributed by atoms with van der Waals surface area (Å²) in [4.78, 5) is 4.32. The molecular weight excluding hydrogens is 236 g/mol. The number of hydrogen-bond donors (Lipinski definition) is 1. The fourth-order valence-corrected chi connectivity index (χ4v) is 3.95. The van der Waals surface area contributed by atoms with Crippen molar-refractivity contribution in [3.63, 3.8) is 0 Å². The van der Waals surface area contributed by atoms with E-state index in [0.29, 0.717) is 17.6 Å². The highest BCUT2D eigenvalue weighted by Gasteiger charge is 2.55. The summed E-state index contributed by atoms with van der Waals surface area (Å²) in [6.45, 7) is 2.02. The number of aromatic nitrogens is 1. The first-order valence-corrected chi connectivity index (χ1v) is 7.52. The quantitative estimate of drug-likeness (QED) is 0.907. The van der Waals surface area contributed by atoms with Gasteiger partial charge in [0.05, 0.1) is 5.69 Å². The van der Waals surface area contributed by atoms with Crippen LogP contribution in [0.2, 0.25) is 0 Å². The van der Waals surface area contributed by atoms with Crippen LogP contribution in [0.1, 0.15) is 44.2 Å². The summed E-state index contributed by atoms with van der Waals surface area (Å²) in [7, 11) is 2.09. The van der Waals surface area contributed by atoms with Crippen LogP contribution in [0.25, 0.3) is 0 Å². The minimum absolute atomic E-state index is 0.369. The van der Waals surface area contributed by atoms with E-state index in [4.69, 9.17) is 4.74 Å². The molecule has 3 rings (SSSR count). The summed E-state index contributed by atoms with van der Waals surface area (Å²) >= 11 is 0. The average molecular weight is 260 g/mol. The lowest BCUT2D eigenvalue weighted by Crippen LogP contribution is -2.64. The zero-order chi connectivity index (χ0) is 13.3. The highest BCUT2D eigenvalue weighted by atomic mass is 16.5. The Hall–Kier alpha value is -1.09. The normalized spacial score (nSPS) is 28.9. The van der Waals surface area contributed by atoms with Crippen LogP contribution in [0.5, 0.6) is 5.75 Å². The molecule has 1 aromatic rings. The molecule has 0 amide bonds. The van der Waals surface area contributed by atoms with Crippen molar-refractivity contribution in [2.45, 2.75) is 57.6 Å². The molecular formula is C16H24N2O. The molecule has 3 nitrogen and oxygen atoms in total. The smallest absolute Gasteiger partial charge is 0.140 e. The van der Waals surface area contributed by atoms with Gasteiger partial charge < -0.3 is 10.1 Å². The molecule has 1 spiro atoms. The van der Waals surface area contributed by atoms with Crippen molar-refractivity contribution in [2.24, 2.45) is 5.41 Å². The van der Waals surface area contributed by atoms with Crippen LogP contribution in [-0.2, 0) is 0 Å². The topological polar surface area (TPSA) is 34.1 Å². The van der Waals surface area contributed by atoms with Crippen LogP contribution in [0.4, 0.5) is 0 Å². The second kappa shape index (κ2) is 5.12. The average Bonchev–Trinajstić information content (AvgIpc) is 2.45. The fourth-order valence-electron chi connectivity index (χ4n) is 3.95. The lowest BCUT2D eigenvalue weighted by molar-refractivity contribution is -0.101. The largest absolute Gasteiger partial charge is 0.488 e. The van der Waals surface area contributed by atoms with Gasteiger partial charge in [-0.05, 0) is 38.9 Å². The second-order valence-electron chi connectivity index (χ2n) is 6.06. The Kier molecular flexibility index (Phi) is 3.48. The molecule has 1 heterocycles. The van der Waals surface area contributed by atoms with Gasteiger partial charge in [0.15, 0.2) is 0 Å². The number of hydrogen-bond acceptors (Lipinski definition) is 3. The Labute approximate surface area is 115 Å². The fraction of sp³-hybridized carbons (Fsp3) is 0.688. The van der Waals surface area contributed by atoms with Gasteiger partial charge in [0.1, 0.15) is 11.9 Å². The van der Waals surface area contributed by atoms with E-state index in [1.54, 1.807) is 0 Å². The number of rotatable bonds is 3. The van der Waals surface area contributed by atoms with Gasteiger partial charge in [-0.3, -0.25) is 4.98 Å². The zero-order valence-electron chi connectivity index (χ0n) is 12.0. The highest BCUT2D eigenvalue weighted by Crippen LogP contribution is 2.53. The van der Waals surface area contributed by atoms with Gasteiger partial charge in [-0.1, -0.05) is 19.3 Å². The lowest BCUT2D eigenvalue weighted by atomic mass is 9.55. The first kappa shape index (κ1) is 12.9. The molecule has 104 valence electrons. The van der Waals surface area contributed by atoms with Gasteiger partial charge in [0.2, 0.25) is 0 Å². The maximum absolute atomic E-state index is 6.30. The predicted molar refractivity (Wildman–Crippen MR) is 76.4 cm³/mol. The third-order valence-corrected chi connectivity index (χ3v) is 5.15. The Bertz CT molecular complexity index is 440. The first-order valence-electron chi connectivity index (χ1n) is 7.52. The zero-order valence-corrected chi connectivity index (χ0v) is 12.0. The van der Waals surface area contributed by atoms with Gasteiger partial charge in [-0.2, -0.15) is 0 Å². The highest BCUT2D eigenvalue weighted by molar-refractivity contribution is 5.27. The monoisotopic (exact) mass is 260 g/mol. The molecule has 2 saturated carbocycles. The van der Waals surface area contributed by atoms with Gasteiger partial charge in [-0.25, -0.2) is 0 Å². The summed E-state index contributed by atoms with van der Waals surface area (Å²) in [5, 5.41) is 3.50. The van der Waals surface area contributed by atoms with Gasteiger partial charge in [0, 0.05) is 24.1 Å². The molecule has 1 N–H and O–H groups in total. The first-order chi connectivity index (χ1) is 9.26. The van der Waals surface area contributed by atoms with Crippen molar-refractivity contribution < 1.29 is 4.74 Å². The van der Waals surface area contributed by atoms with Gasteiger partial charge in [0.25, 0.3) is 0 Å². The Balaban J connectivity index is 1.76. The van der Waals surface area contributed by atoms with Crippen molar-refractivity contribution in [1.82, 2.24) is 10.3 Å². The van der Waals surface area contributed by atoms with E-state index in [-0.39, 0.29) is 0 Å². The molecule has 0 radical (unpaired) electrons. The maximum atomic E-state index is 6.30. The van der Waals surface area contributed by atoms with E-state index >= 15 is 0 Å². The van der Waals surface area contributed by atoms with Crippen LogP contribution in [0.15, 0.2) is 18.3 Å². The standard InChI is InChI=1S/C16H24N2O/c1-12-13(7-6-10-18-12)19-15-11-14(17-2)16(15)8-4-3-5-9-16/h6-7,10,14-15,17H,3-5,8-9,11H2,1-2H3. The molecule has 3 heteroatoms. The molecule has 1 aromatic heterocycles. The predicted octanol–water partition coefficient (Wildman–Crippen LogP) is 3.08. The third kappa shape index (κ3) is 2.14. The maximum Gasteiger partial charge on any atom is 0.140 e. The van der Waals surface area contributed by atoms with Crippen LogP contribution in [-0.4, -0.2) is 24.2 Å². The lowest BCUT2D eigenvalue weighted by Gasteiger charge is -2.57. The Morgan fingerprint density at radius 3 is 2.79 bits per heavy atom. The van der Waals surface area contributed by atoms with E-state index in [1.165, 1.54) is 32.1 Å². The summed E-state index contributed by atoms with van der Waals surface area (Å²) in [6, 6.07) is 4.64. The Morgan fingerprint density at radius 1 is 1.32 bits per heavy atom. The molecule has 2 aliphatic carbocycles. The number of pyridine rings is 1. The molecule has 2 fully saturated rings. The summed E-state index contributed by atoms with van der Waals surface area (Å²) in [5.41, 5.74) is 1.37. The van der Waals surface area contributed by atoms with Crippen molar-refractivity contribution in [3.8, 4) is 5.75 Å². The molecule has 0 aromatic carbocycles. The summed E-state index contributed by atoms with van der Waals surface area (Å²) in [6.07, 6.45) is 10.0. The van der Waals surface area contributed by atoms with Crippen LogP contribution in [0.3, 0.4) is 0 Å². The van der Waals surface area contributed by atoms with E-state index in [9.17, 15) is 0 Å². The molecule has 0 saturated heterocycles. The molecule has 19 heavy (non-hydrogen) atoms. The van der Waals surface area contributed by atoms with Crippen molar-refractivity contribution >= 4 is 0 Å². The van der Waals surface area contributed by atoms with Gasteiger partial charge >= 0.3 is 0 Å². The molecule has 0 aliphatic heterocycles. The third-order valence-electron chi connectivity index (χ3n) is 5.15. The number of ether oxygens (including phenoxy) is 1. The molecule has 2 atom stereocenters. The van der Waals surface area contributed by atoms with E-state index in [1.807, 2.05) is 25.3 Å². The molecule has 2 aliphatic rings. The van der Waals surface area contributed by atoms with Gasteiger partial charge in [-0.15, -0.1) is 0 Å². The van der Waals surface area contributed by atoms with Crippen molar-refractivity contribution in [1.29, 1.82) is 0 Å². The summed E-state index contributed by atoms with van der Waals surface area (Å²) in [5.74, 6) is 0.965. The van der Waals surface area contributed by atoms with E-state index < -0.39 is 0 Å². The number of nitrogens with zero attached hydrogens (tertiary/aromatic N) is 1. The molecule has 0 bridgehead atoms. The van der Waals surface area contributed by atoms with Crippen LogP contribution >= 0.6 is 0 Å². The number of aryl methyl sites for hydroxylation is 1. The van der Waals surface area contributed by atoms with Crippen molar-refractivity contribution in [2.75, 3.05) is 7.05 Å². The van der Waals surface area contributed by atoms with E-state index in [2.05, 4.69) is 17.3 Å². The summed E-state index contributed by atoms with van der Waals surface area (Å²) < 4.78 is 6.30.